The van der Waals surface area contributed by atoms with E-state index in [1.165, 1.54) is 4.90 Å². The van der Waals surface area contributed by atoms with Gasteiger partial charge in [-0.25, -0.2) is 4.79 Å². The van der Waals surface area contributed by atoms with Gasteiger partial charge in [-0.15, -0.1) is 0 Å². The van der Waals surface area contributed by atoms with Crippen molar-refractivity contribution >= 4 is 22.8 Å². The molecule has 1 aromatic heterocycles. The van der Waals surface area contributed by atoms with Crippen LogP contribution in [0.2, 0.25) is 0 Å². The number of H-pyrrole nitrogens is 1. The van der Waals surface area contributed by atoms with Crippen LogP contribution in [0.15, 0.2) is 18.2 Å². The van der Waals surface area contributed by atoms with Gasteiger partial charge in [0.1, 0.15) is 5.69 Å². The summed E-state index contributed by atoms with van der Waals surface area (Å²) in [6.07, 6.45) is 0. The molecule has 0 spiro atoms. The van der Waals surface area contributed by atoms with Crippen molar-refractivity contribution in [2.45, 2.75) is 19.9 Å². The van der Waals surface area contributed by atoms with Crippen LogP contribution in [-0.4, -0.2) is 52.7 Å². The van der Waals surface area contributed by atoms with E-state index < -0.39 is 12.0 Å². The number of carbonyl (C=O) groups excluding carboxylic acids is 1. The van der Waals surface area contributed by atoms with Gasteiger partial charge in [0.2, 0.25) is 0 Å². The maximum Gasteiger partial charge on any atom is 0.328 e. The number of ether oxygens (including phenoxy) is 1. The standard InChI is InChI=1S/C16H18N2O4/c1-9-3-4-12-11(10(9)2)7-13(17-12)15(19)18-5-6-22-8-14(18)16(20)21/h3-4,7,14,17H,5-6,8H2,1-2H3,(H,20,21)/t14-/m0/s1. The Kier molecular flexibility index (Phi) is 3.62. The topological polar surface area (TPSA) is 82.6 Å². The highest BCUT2D eigenvalue weighted by atomic mass is 16.5. The van der Waals surface area contributed by atoms with Crippen molar-refractivity contribution in [3.05, 3.63) is 35.0 Å². The molecule has 1 saturated heterocycles. The third-order valence-electron chi connectivity index (χ3n) is 4.25. The minimum Gasteiger partial charge on any atom is -0.480 e. The molecule has 0 radical (unpaired) electrons. The Balaban J connectivity index is 1.97. The number of fused-ring (bicyclic) bond motifs is 1. The molecule has 1 aliphatic rings. The number of aliphatic carboxylic acids is 1. The van der Waals surface area contributed by atoms with Gasteiger partial charge >= 0.3 is 5.97 Å². The minimum atomic E-state index is -1.05. The molecule has 2 N–H and O–H groups in total. The van der Waals surface area contributed by atoms with Crippen molar-refractivity contribution in [1.29, 1.82) is 0 Å². The number of nitrogens with one attached hydrogen (secondary N) is 1. The molecule has 1 fully saturated rings. The molecule has 0 bridgehead atoms. The van der Waals surface area contributed by atoms with Crippen LogP contribution in [0.25, 0.3) is 10.9 Å². The second-order valence-corrected chi connectivity index (χ2v) is 5.58. The van der Waals surface area contributed by atoms with Crippen LogP contribution in [0.4, 0.5) is 0 Å². The SMILES string of the molecule is Cc1ccc2[nH]c(C(=O)N3CCOC[C@H]3C(=O)O)cc2c1C. The van der Waals surface area contributed by atoms with E-state index in [1.54, 1.807) is 6.07 Å². The molecule has 22 heavy (non-hydrogen) atoms. The molecule has 1 aliphatic heterocycles. The van der Waals surface area contributed by atoms with Crippen LogP contribution >= 0.6 is 0 Å². The Morgan fingerprint density at radius 2 is 2.14 bits per heavy atom. The molecule has 0 unspecified atom stereocenters. The molecular formula is C16H18N2O4. The van der Waals surface area contributed by atoms with Crippen molar-refractivity contribution in [3.63, 3.8) is 0 Å². The van der Waals surface area contributed by atoms with Gasteiger partial charge in [-0.1, -0.05) is 6.07 Å². The van der Waals surface area contributed by atoms with E-state index in [0.717, 1.165) is 22.0 Å². The molecule has 1 amide bonds. The zero-order valence-corrected chi connectivity index (χ0v) is 12.5. The number of benzene rings is 1. The normalized spacial score (nSPS) is 18.6. The summed E-state index contributed by atoms with van der Waals surface area (Å²) < 4.78 is 5.17. The van der Waals surface area contributed by atoms with E-state index >= 15 is 0 Å². The predicted octanol–water partition coefficient (Wildman–Crippen LogP) is 1.71. The van der Waals surface area contributed by atoms with Gasteiger partial charge in [-0.2, -0.15) is 0 Å². The van der Waals surface area contributed by atoms with E-state index in [2.05, 4.69) is 4.98 Å². The molecule has 2 heterocycles. The fourth-order valence-corrected chi connectivity index (χ4v) is 2.78. The largest absolute Gasteiger partial charge is 0.480 e. The van der Waals surface area contributed by atoms with E-state index in [4.69, 9.17) is 4.74 Å². The van der Waals surface area contributed by atoms with Gasteiger partial charge in [-0.05, 0) is 37.1 Å². The van der Waals surface area contributed by atoms with Gasteiger partial charge in [0.25, 0.3) is 5.91 Å². The van der Waals surface area contributed by atoms with Gasteiger partial charge in [0, 0.05) is 17.4 Å². The van der Waals surface area contributed by atoms with E-state index in [1.807, 2.05) is 26.0 Å². The molecule has 6 heteroatoms. The molecule has 0 saturated carbocycles. The van der Waals surface area contributed by atoms with Crippen LogP contribution in [0.5, 0.6) is 0 Å². The Hall–Kier alpha value is -2.34. The fourth-order valence-electron chi connectivity index (χ4n) is 2.78. The first-order valence-electron chi connectivity index (χ1n) is 7.19. The highest BCUT2D eigenvalue weighted by Crippen LogP contribution is 2.23. The monoisotopic (exact) mass is 302 g/mol. The summed E-state index contributed by atoms with van der Waals surface area (Å²) in [6.45, 7) is 4.69. The maximum absolute atomic E-state index is 12.7. The number of carboxylic acid groups (broad SMARTS) is 1. The first-order chi connectivity index (χ1) is 10.5. The highest BCUT2D eigenvalue weighted by Gasteiger charge is 2.33. The summed E-state index contributed by atoms with van der Waals surface area (Å²) >= 11 is 0. The number of hydrogen-bond acceptors (Lipinski definition) is 3. The number of carbonyl (C=O) groups is 2. The summed E-state index contributed by atoms with van der Waals surface area (Å²) in [6, 6.07) is 4.80. The van der Waals surface area contributed by atoms with Gasteiger partial charge in [-0.3, -0.25) is 4.79 Å². The summed E-state index contributed by atoms with van der Waals surface area (Å²) in [5, 5.41) is 10.2. The molecule has 0 aliphatic carbocycles. The van der Waals surface area contributed by atoms with Gasteiger partial charge in [0.15, 0.2) is 6.04 Å². The lowest BCUT2D eigenvalue weighted by Gasteiger charge is -2.32. The van der Waals surface area contributed by atoms with Gasteiger partial charge < -0.3 is 19.7 Å². The number of amides is 1. The first kappa shape index (κ1) is 14.6. The molecule has 1 atom stereocenters. The third kappa shape index (κ3) is 2.35. The number of morpholine rings is 1. The smallest absolute Gasteiger partial charge is 0.328 e. The molecule has 2 aromatic rings. The molecule has 1 aromatic carbocycles. The average Bonchev–Trinajstić information content (AvgIpc) is 2.95. The number of aromatic nitrogens is 1. The lowest BCUT2D eigenvalue weighted by atomic mass is 10.1. The van der Waals surface area contributed by atoms with E-state index in [-0.39, 0.29) is 19.1 Å². The van der Waals surface area contributed by atoms with Crippen LogP contribution in [0, 0.1) is 13.8 Å². The number of nitrogens with zero attached hydrogens (tertiary/aromatic N) is 1. The Morgan fingerprint density at radius 3 is 2.86 bits per heavy atom. The lowest BCUT2D eigenvalue weighted by Crippen LogP contribution is -2.52. The highest BCUT2D eigenvalue weighted by molar-refractivity contribution is 6.00. The summed E-state index contributed by atoms with van der Waals surface area (Å²) in [5.74, 6) is -1.35. The van der Waals surface area contributed by atoms with Crippen molar-refractivity contribution in [1.82, 2.24) is 9.88 Å². The Bertz CT molecular complexity index is 750. The Labute approximate surface area is 127 Å². The number of aromatic amines is 1. The zero-order valence-electron chi connectivity index (χ0n) is 12.5. The predicted molar refractivity (Wildman–Crippen MR) is 81.1 cm³/mol. The number of hydrogen-bond donors (Lipinski definition) is 2. The van der Waals surface area contributed by atoms with Crippen LogP contribution < -0.4 is 0 Å². The van der Waals surface area contributed by atoms with E-state index in [0.29, 0.717) is 12.3 Å². The number of carboxylic acids is 1. The maximum atomic E-state index is 12.7. The third-order valence-corrected chi connectivity index (χ3v) is 4.25. The van der Waals surface area contributed by atoms with E-state index in [9.17, 15) is 14.7 Å². The van der Waals surface area contributed by atoms with Crippen LogP contribution in [-0.2, 0) is 9.53 Å². The van der Waals surface area contributed by atoms with Crippen molar-refractivity contribution in [2.75, 3.05) is 19.8 Å². The minimum absolute atomic E-state index is 0.0272. The summed E-state index contributed by atoms with van der Waals surface area (Å²) in [7, 11) is 0. The average molecular weight is 302 g/mol. The van der Waals surface area contributed by atoms with Gasteiger partial charge in [0.05, 0.1) is 13.2 Å². The summed E-state index contributed by atoms with van der Waals surface area (Å²) in [4.78, 5) is 28.4. The second-order valence-electron chi connectivity index (χ2n) is 5.58. The number of aryl methyl sites for hydroxylation is 2. The second kappa shape index (κ2) is 5.46. The van der Waals surface area contributed by atoms with Crippen molar-refractivity contribution in [3.8, 4) is 0 Å². The molecular weight excluding hydrogens is 284 g/mol. The van der Waals surface area contributed by atoms with Crippen molar-refractivity contribution < 1.29 is 19.4 Å². The first-order valence-corrected chi connectivity index (χ1v) is 7.19. The van der Waals surface area contributed by atoms with Crippen LogP contribution in [0.1, 0.15) is 21.6 Å². The Morgan fingerprint density at radius 1 is 1.36 bits per heavy atom. The lowest BCUT2D eigenvalue weighted by molar-refractivity contribution is -0.147. The quantitative estimate of drug-likeness (QED) is 0.884. The molecule has 6 nitrogen and oxygen atoms in total. The summed E-state index contributed by atoms with van der Waals surface area (Å²) in [5.41, 5.74) is 3.56. The number of rotatable bonds is 2. The van der Waals surface area contributed by atoms with Crippen molar-refractivity contribution in [2.24, 2.45) is 0 Å². The molecule has 3 rings (SSSR count). The molecule has 116 valence electrons. The fraction of sp³-hybridized carbons (Fsp3) is 0.375. The van der Waals surface area contributed by atoms with Crippen LogP contribution in [0.3, 0.4) is 0 Å². The zero-order chi connectivity index (χ0) is 15.9.